The molecule has 1 atom stereocenters. The van der Waals surface area contributed by atoms with Crippen LogP contribution in [0.5, 0.6) is 0 Å². The molecule has 3 heterocycles. The topological polar surface area (TPSA) is 81.6 Å². The SMILES string of the molecule is CN(C)C/C=C/C(=O)N1CCc2c(sc3ncnc(N[C@H](CO)c4ccccc4)c23)C1(C)C. The van der Waals surface area contributed by atoms with Crippen molar-refractivity contribution < 1.29 is 9.90 Å². The Bertz CT molecular complexity index is 1160. The zero-order chi connectivity index (χ0) is 23.6. The molecular weight excluding hydrogens is 434 g/mol. The summed E-state index contributed by atoms with van der Waals surface area (Å²) in [6.45, 7) is 5.51. The first-order valence-electron chi connectivity index (χ1n) is 11.1. The van der Waals surface area contributed by atoms with Crippen molar-refractivity contribution >= 4 is 33.3 Å². The molecule has 0 fully saturated rings. The van der Waals surface area contributed by atoms with Gasteiger partial charge in [0.15, 0.2) is 0 Å². The van der Waals surface area contributed by atoms with Crippen LogP contribution in [0.3, 0.4) is 0 Å². The van der Waals surface area contributed by atoms with Crippen LogP contribution in [-0.2, 0) is 16.8 Å². The highest BCUT2D eigenvalue weighted by molar-refractivity contribution is 7.19. The molecule has 1 aliphatic heterocycles. The molecule has 0 saturated heterocycles. The van der Waals surface area contributed by atoms with Gasteiger partial charge in [-0.3, -0.25) is 4.79 Å². The molecule has 0 aliphatic carbocycles. The average molecular weight is 466 g/mol. The standard InChI is InChI=1S/C25H31N5O2S/c1-25(2)22-18(12-14-30(25)20(32)11-8-13-29(3)4)21-23(26-16-27-24(21)33-22)28-19(15-31)17-9-6-5-7-10-17/h5-11,16,19,31H,12-15H2,1-4H3,(H,26,27,28)/b11-8+/t19-/m1/s1. The van der Waals surface area contributed by atoms with E-state index >= 15 is 0 Å². The van der Waals surface area contributed by atoms with Gasteiger partial charge in [-0.15, -0.1) is 11.3 Å². The lowest BCUT2D eigenvalue weighted by Crippen LogP contribution is -2.48. The summed E-state index contributed by atoms with van der Waals surface area (Å²) in [6.07, 6.45) is 5.89. The molecule has 2 N–H and O–H groups in total. The van der Waals surface area contributed by atoms with Crippen LogP contribution in [0.4, 0.5) is 5.82 Å². The smallest absolute Gasteiger partial charge is 0.247 e. The summed E-state index contributed by atoms with van der Waals surface area (Å²) >= 11 is 1.62. The number of aliphatic hydroxyl groups excluding tert-OH is 1. The van der Waals surface area contributed by atoms with E-state index in [1.165, 1.54) is 5.56 Å². The Morgan fingerprint density at radius 1 is 1.30 bits per heavy atom. The van der Waals surface area contributed by atoms with Crippen molar-refractivity contribution in [2.45, 2.75) is 31.8 Å². The van der Waals surface area contributed by atoms with Gasteiger partial charge in [-0.1, -0.05) is 36.4 Å². The van der Waals surface area contributed by atoms with Gasteiger partial charge < -0.3 is 20.2 Å². The minimum atomic E-state index is -0.453. The number of carbonyl (C=O) groups excluding carboxylic acids is 1. The van der Waals surface area contributed by atoms with Crippen molar-refractivity contribution in [2.75, 3.05) is 39.1 Å². The number of rotatable bonds is 7. The van der Waals surface area contributed by atoms with E-state index in [1.807, 2.05) is 60.3 Å². The van der Waals surface area contributed by atoms with Crippen molar-refractivity contribution in [3.05, 3.63) is 64.8 Å². The molecule has 2 aromatic heterocycles. The predicted molar refractivity (Wildman–Crippen MR) is 133 cm³/mol. The maximum absolute atomic E-state index is 13.0. The number of hydrogen-bond donors (Lipinski definition) is 2. The third kappa shape index (κ3) is 4.64. The number of carbonyl (C=O) groups is 1. The third-order valence-corrected chi connectivity index (χ3v) is 7.55. The van der Waals surface area contributed by atoms with Crippen molar-refractivity contribution in [3.8, 4) is 0 Å². The lowest BCUT2D eigenvalue weighted by Gasteiger charge is -2.41. The monoisotopic (exact) mass is 465 g/mol. The maximum Gasteiger partial charge on any atom is 0.247 e. The Kier molecular flexibility index (Phi) is 6.78. The van der Waals surface area contributed by atoms with Gasteiger partial charge in [0.05, 0.1) is 23.6 Å². The molecule has 1 aromatic carbocycles. The largest absolute Gasteiger partial charge is 0.394 e. The van der Waals surface area contributed by atoms with Crippen molar-refractivity contribution in [1.29, 1.82) is 0 Å². The number of nitrogens with zero attached hydrogens (tertiary/aromatic N) is 4. The Morgan fingerprint density at radius 3 is 2.76 bits per heavy atom. The number of anilines is 1. The number of thiophene rings is 1. The number of benzene rings is 1. The van der Waals surface area contributed by atoms with Crippen LogP contribution in [0, 0.1) is 0 Å². The second-order valence-corrected chi connectivity index (χ2v) is 10.1. The first-order valence-corrected chi connectivity index (χ1v) is 12.0. The number of aromatic nitrogens is 2. The van der Waals surface area contributed by atoms with Gasteiger partial charge in [0.1, 0.15) is 17.0 Å². The van der Waals surface area contributed by atoms with E-state index < -0.39 is 5.54 Å². The summed E-state index contributed by atoms with van der Waals surface area (Å²) in [5.74, 6) is 0.751. The van der Waals surface area contributed by atoms with Crippen LogP contribution < -0.4 is 5.32 Å². The molecule has 33 heavy (non-hydrogen) atoms. The first kappa shape index (κ1) is 23.4. The summed E-state index contributed by atoms with van der Waals surface area (Å²) in [4.78, 5) is 28.1. The second-order valence-electron chi connectivity index (χ2n) is 9.07. The maximum atomic E-state index is 13.0. The molecule has 0 bridgehead atoms. The minimum absolute atomic E-state index is 0.0267. The molecule has 0 radical (unpaired) electrons. The number of aliphatic hydroxyl groups is 1. The van der Waals surface area contributed by atoms with E-state index in [-0.39, 0.29) is 18.6 Å². The van der Waals surface area contributed by atoms with Crippen molar-refractivity contribution in [2.24, 2.45) is 0 Å². The van der Waals surface area contributed by atoms with Crippen molar-refractivity contribution in [1.82, 2.24) is 19.8 Å². The Balaban J connectivity index is 1.68. The lowest BCUT2D eigenvalue weighted by atomic mass is 9.89. The van der Waals surface area contributed by atoms with Gasteiger partial charge in [0.2, 0.25) is 5.91 Å². The molecule has 3 aromatic rings. The molecule has 1 amide bonds. The van der Waals surface area contributed by atoms with E-state index in [2.05, 4.69) is 29.1 Å². The normalized spacial score (nSPS) is 16.4. The third-order valence-electron chi connectivity index (χ3n) is 6.10. The van der Waals surface area contributed by atoms with Gasteiger partial charge in [-0.2, -0.15) is 0 Å². The first-order chi connectivity index (χ1) is 15.8. The number of amides is 1. The molecule has 174 valence electrons. The Morgan fingerprint density at radius 2 is 2.06 bits per heavy atom. The van der Waals surface area contributed by atoms with Crippen LogP contribution >= 0.6 is 11.3 Å². The van der Waals surface area contributed by atoms with Gasteiger partial charge in [-0.25, -0.2) is 9.97 Å². The summed E-state index contributed by atoms with van der Waals surface area (Å²) in [5.41, 5.74) is 1.73. The zero-order valence-electron chi connectivity index (χ0n) is 19.6. The molecule has 7 nitrogen and oxygen atoms in total. The highest BCUT2D eigenvalue weighted by Gasteiger charge is 2.40. The number of likely N-dealkylation sites (N-methyl/N-ethyl adjacent to an activating group) is 1. The van der Waals surface area contributed by atoms with E-state index in [4.69, 9.17) is 0 Å². The lowest BCUT2D eigenvalue weighted by molar-refractivity contribution is -0.131. The Labute approximate surface area is 198 Å². The summed E-state index contributed by atoms with van der Waals surface area (Å²) in [7, 11) is 3.96. The van der Waals surface area contributed by atoms with Gasteiger partial charge in [0.25, 0.3) is 0 Å². The zero-order valence-corrected chi connectivity index (χ0v) is 20.4. The minimum Gasteiger partial charge on any atom is -0.394 e. The predicted octanol–water partition coefficient (Wildman–Crippen LogP) is 3.57. The second kappa shape index (κ2) is 9.59. The number of hydrogen-bond acceptors (Lipinski definition) is 7. The molecule has 0 spiro atoms. The van der Waals surface area contributed by atoms with E-state index in [1.54, 1.807) is 23.7 Å². The van der Waals surface area contributed by atoms with E-state index in [9.17, 15) is 9.90 Å². The molecule has 4 rings (SSSR count). The van der Waals surface area contributed by atoms with E-state index in [0.29, 0.717) is 6.54 Å². The molecule has 1 aliphatic rings. The molecule has 8 heteroatoms. The summed E-state index contributed by atoms with van der Waals surface area (Å²) in [5, 5.41) is 14.5. The van der Waals surface area contributed by atoms with Gasteiger partial charge >= 0.3 is 0 Å². The highest BCUT2D eigenvalue weighted by Crippen LogP contribution is 2.45. The molecule has 0 unspecified atom stereocenters. The van der Waals surface area contributed by atoms with Crippen LogP contribution in [0.15, 0.2) is 48.8 Å². The fourth-order valence-corrected chi connectivity index (χ4v) is 5.69. The quantitative estimate of drug-likeness (QED) is 0.519. The molecule has 0 saturated carbocycles. The summed E-state index contributed by atoms with van der Waals surface area (Å²) < 4.78 is 0. The van der Waals surface area contributed by atoms with Gasteiger partial charge in [0, 0.05) is 24.0 Å². The van der Waals surface area contributed by atoms with Gasteiger partial charge in [-0.05, 0) is 45.5 Å². The fraction of sp³-hybridized carbons (Fsp3) is 0.400. The van der Waals surface area contributed by atoms with Crippen LogP contribution in [0.25, 0.3) is 10.2 Å². The molecular formula is C25H31N5O2S. The number of fused-ring (bicyclic) bond motifs is 3. The van der Waals surface area contributed by atoms with Crippen LogP contribution in [0.2, 0.25) is 0 Å². The highest BCUT2D eigenvalue weighted by atomic mass is 32.1. The average Bonchev–Trinajstić information content (AvgIpc) is 3.19. The summed E-state index contributed by atoms with van der Waals surface area (Å²) in [6, 6.07) is 9.60. The van der Waals surface area contributed by atoms with E-state index in [0.717, 1.165) is 39.4 Å². The van der Waals surface area contributed by atoms with Crippen LogP contribution in [0.1, 0.15) is 35.9 Å². The van der Waals surface area contributed by atoms with Crippen LogP contribution in [-0.4, -0.2) is 64.6 Å². The Hall–Kier alpha value is -2.81. The van der Waals surface area contributed by atoms with Crippen molar-refractivity contribution in [3.63, 3.8) is 0 Å². The number of nitrogens with one attached hydrogen (secondary N) is 1. The fourth-order valence-electron chi connectivity index (χ4n) is 4.38.